The number of aromatic nitrogens is 3. The Balaban J connectivity index is 1.42. The number of primary amides is 1. The fourth-order valence-corrected chi connectivity index (χ4v) is 7.13. The van der Waals surface area contributed by atoms with Crippen LogP contribution in [-0.4, -0.2) is 32.3 Å². The molecule has 0 radical (unpaired) electrons. The van der Waals surface area contributed by atoms with E-state index in [2.05, 4.69) is 33.6 Å². The second kappa shape index (κ2) is 10.9. The maximum absolute atomic E-state index is 12.8. The van der Waals surface area contributed by atoms with Crippen LogP contribution in [0.2, 0.25) is 0 Å². The summed E-state index contributed by atoms with van der Waals surface area (Å²) in [6, 6.07) is 0. The van der Waals surface area contributed by atoms with E-state index in [1.807, 2.05) is 6.08 Å². The second-order valence-corrected chi connectivity index (χ2v) is 11.3. The maximum atomic E-state index is 12.8. The van der Waals surface area contributed by atoms with Crippen molar-refractivity contribution in [2.24, 2.45) is 17.6 Å². The van der Waals surface area contributed by atoms with Crippen molar-refractivity contribution in [2.45, 2.75) is 76.4 Å². The van der Waals surface area contributed by atoms with Crippen LogP contribution < -0.4 is 11.1 Å². The van der Waals surface area contributed by atoms with Crippen LogP contribution in [0.15, 0.2) is 17.8 Å². The minimum absolute atomic E-state index is 0.170. The Morgan fingerprint density at radius 3 is 2.79 bits per heavy atom. The van der Waals surface area contributed by atoms with Crippen molar-refractivity contribution in [1.82, 2.24) is 14.8 Å². The Hall–Kier alpha value is -2.13. The number of anilines is 1. The maximum Gasteiger partial charge on any atom is 0.251 e. The van der Waals surface area contributed by atoms with E-state index < -0.39 is 5.91 Å². The molecule has 9 heteroatoms. The molecule has 2 aliphatic rings. The zero-order valence-corrected chi connectivity index (χ0v) is 20.9. The number of thiophene rings is 1. The average Bonchev–Trinajstić information content (AvgIpc) is 3.33. The van der Waals surface area contributed by atoms with Gasteiger partial charge in [0.05, 0.1) is 11.3 Å². The van der Waals surface area contributed by atoms with E-state index in [1.54, 1.807) is 0 Å². The van der Waals surface area contributed by atoms with Gasteiger partial charge < -0.3 is 15.6 Å². The van der Waals surface area contributed by atoms with E-state index in [-0.39, 0.29) is 11.7 Å². The number of allylic oxidation sites excluding steroid dienone is 1. The Bertz CT molecular complexity index is 1020. The van der Waals surface area contributed by atoms with E-state index in [0.717, 1.165) is 42.2 Å². The standard InChI is InChI=1S/C24H33N5O2S2/c1-3-11-29-19(13-16-7-5-4-6-8-16)27-28-24(29)32-14-20(30)26-23-21(22(25)31)17-10-9-15(2)12-18(17)33-23/h3,15-16H,1,4-14H2,2H3,(H2,25,31)(H,26,30). The summed E-state index contributed by atoms with van der Waals surface area (Å²) in [7, 11) is 0. The summed E-state index contributed by atoms with van der Waals surface area (Å²) in [5.41, 5.74) is 7.18. The van der Waals surface area contributed by atoms with Crippen LogP contribution in [0, 0.1) is 11.8 Å². The van der Waals surface area contributed by atoms with Crippen molar-refractivity contribution < 1.29 is 9.59 Å². The molecule has 1 saturated carbocycles. The number of hydrogen-bond acceptors (Lipinski definition) is 6. The molecule has 1 atom stereocenters. The molecule has 0 bridgehead atoms. The second-order valence-electron chi connectivity index (χ2n) is 9.26. The van der Waals surface area contributed by atoms with Gasteiger partial charge in [-0.05, 0) is 36.7 Å². The monoisotopic (exact) mass is 487 g/mol. The summed E-state index contributed by atoms with van der Waals surface area (Å²) >= 11 is 2.86. The summed E-state index contributed by atoms with van der Waals surface area (Å²) in [5, 5.41) is 13.0. The predicted octanol–water partition coefficient (Wildman–Crippen LogP) is 4.60. The van der Waals surface area contributed by atoms with Gasteiger partial charge in [-0.3, -0.25) is 9.59 Å². The highest BCUT2D eigenvalue weighted by molar-refractivity contribution is 7.99. The summed E-state index contributed by atoms with van der Waals surface area (Å²) < 4.78 is 2.07. The third kappa shape index (κ3) is 5.69. The Kier molecular flexibility index (Phi) is 7.90. The van der Waals surface area contributed by atoms with Crippen molar-refractivity contribution in [3.63, 3.8) is 0 Å². The lowest BCUT2D eigenvalue weighted by Crippen LogP contribution is -2.20. The normalized spacial score (nSPS) is 18.6. The molecule has 0 aromatic carbocycles. The molecular formula is C24H33N5O2S2. The van der Waals surface area contributed by atoms with Crippen LogP contribution in [0.5, 0.6) is 0 Å². The third-order valence-electron chi connectivity index (χ3n) is 6.64. The highest BCUT2D eigenvalue weighted by atomic mass is 32.2. The molecule has 1 fully saturated rings. The largest absolute Gasteiger partial charge is 0.365 e. The molecule has 178 valence electrons. The van der Waals surface area contributed by atoms with Crippen molar-refractivity contribution in [3.8, 4) is 0 Å². The molecular weight excluding hydrogens is 454 g/mol. The molecule has 2 amide bonds. The molecule has 0 aliphatic heterocycles. The first-order valence-corrected chi connectivity index (χ1v) is 13.7. The average molecular weight is 488 g/mol. The number of amides is 2. The minimum Gasteiger partial charge on any atom is -0.365 e. The van der Waals surface area contributed by atoms with Crippen molar-refractivity contribution in [1.29, 1.82) is 0 Å². The number of rotatable bonds is 9. The van der Waals surface area contributed by atoms with E-state index >= 15 is 0 Å². The first kappa shape index (κ1) is 24.0. The molecule has 0 saturated heterocycles. The van der Waals surface area contributed by atoms with Crippen molar-refractivity contribution in [2.75, 3.05) is 11.1 Å². The van der Waals surface area contributed by atoms with E-state index in [9.17, 15) is 9.59 Å². The fourth-order valence-electron chi connectivity index (χ4n) is 4.93. The van der Waals surface area contributed by atoms with Crippen LogP contribution in [0.1, 0.15) is 72.1 Å². The number of thioether (sulfide) groups is 1. The summed E-state index contributed by atoms with van der Waals surface area (Å²) in [5.74, 6) is 1.76. The molecule has 2 aromatic heterocycles. The predicted molar refractivity (Wildman–Crippen MR) is 134 cm³/mol. The number of carbonyl (C=O) groups is 2. The van der Waals surface area contributed by atoms with E-state index in [1.165, 1.54) is 60.1 Å². The van der Waals surface area contributed by atoms with Gasteiger partial charge in [0.1, 0.15) is 10.8 Å². The van der Waals surface area contributed by atoms with Gasteiger partial charge in [0.2, 0.25) is 5.91 Å². The summed E-state index contributed by atoms with van der Waals surface area (Å²) in [6.45, 7) is 6.71. The van der Waals surface area contributed by atoms with E-state index in [0.29, 0.717) is 28.9 Å². The minimum atomic E-state index is -0.469. The van der Waals surface area contributed by atoms with Crippen LogP contribution in [0.25, 0.3) is 0 Å². The van der Waals surface area contributed by atoms with Gasteiger partial charge >= 0.3 is 0 Å². The van der Waals surface area contributed by atoms with Gasteiger partial charge in [0.25, 0.3) is 5.91 Å². The third-order valence-corrected chi connectivity index (χ3v) is 8.78. The number of nitrogens with one attached hydrogen (secondary N) is 1. The lowest BCUT2D eigenvalue weighted by molar-refractivity contribution is -0.113. The first-order valence-electron chi connectivity index (χ1n) is 11.9. The van der Waals surface area contributed by atoms with Crippen LogP contribution >= 0.6 is 23.1 Å². The van der Waals surface area contributed by atoms with Gasteiger partial charge in [0.15, 0.2) is 5.16 Å². The van der Waals surface area contributed by atoms with Crippen LogP contribution in [0.4, 0.5) is 5.00 Å². The fraction of sp³-hybridized carbons (Fsp3) is 0.583. The zero-order chi connectivity index (χ0) is 23.4. The number of hydrogen-bond donors (Lipinski definition) is 2. The van der Waals surface area contributed by atoms with Gasteiger partial charge in [-0.15, -0.1) is 28.1 Å². The number of fused-ring (bicyclic) bond motifs is 1. The molecule has 1 unspecified atom stereocenters. The van der Waals surface area contributed by atoms with Crippen LogP contribution in [0.3, 0.4) is 0 Å². The molecule has 2 aromatic rings. The van der Waals surface area contributed by atoms with Crippen molar-refractivity contribution in [3.05, 3.63) is 34.5 Å². The molecule has 2 aliphatic carbocycles. The molecule has 2 heterocycles. The SMILES string of the molecule is C=CCn1c(CC2CCCCC2)nnc1SCC(=O)Nc1sc2c(c1C(N)=O)CCC(C)C2. The zero-order valence-electron chi connectivity index (χ0n) is 19.3. The molecule has 0 spiro atoms. The molecule has 33 heavy (non-hydrogen) atoms. The van der Waals surface area contributed by atoms with E-state index in [4.69, 9.17) is 5.73 Å². The lowest BCUT2D eigenvalue weighted by atomic mass is 9.87. The number of carbonyl (C=O) groups excluding carboxylic acids is 2. The molecule has 3 N–H and O–H groups in total. The van der Waals surface area contributed by atoms with Gasteiger partial charge in [-0.25, -0.2) is 0 Å². The highest BCUT2D eigenvalue weighted by Gasteiger charge is 2.27. The van der Waals surface area contributed by atoms with Crippen molar-refractivity contribution >= 4 is 39.9 Å². The molecule has 4 rings (SSSR count). The summed E-state index contributed by atoms with van der Waals surface area (Å²) in [4.78, 5) is 26.1. The first-order chi connectivity index (χ1) is 16.0. The molecule has 7 nitrogen and oxygen atoms in total. The number of nitrogens with zero attached hydrogens (tertiary/aromatic N) is 3. The topological polar surface area (TPSA) is 103 Å². The Labute approximate surface area is 203 Å². The van der Waals surface area contributed by atoms with Gasteiger partial charge in [0, 0.05) is 17.8 Å². The van der Waals surface area contributed by atoms with Gasteiger partial charge in [-0.1, -0.05) is 56.9 Å². The quantitative estimate of drug-likeness (QED) is 0.397. The van der Waals surface area contributed by atoms with Crippen LogP contribution in [-0.2, 0) is 30.6 Å². The Morgan fingerprint density at radius 1 is 1.27 bits per heavy atom. The number of nitrogens with two attached hydrogens (primary N) is 1. The Morgan fingerprint density at radius 2 is 2.06 bits per heavy atom. The lowest BCUT2D eigenvalue weighted by Gasteiger charge is -2.21. The summed E-state index contributed by atoms with van der Waals surface area (Å²) in [6.07, 6.45) is 12.0. The highest BCUT2D eigenvalue weighted by Crippen LogP contribution is 2.39. The smallest absolute Gasteiger partial charge is 0.251 e. The van der Waals surface area contributed by atoms with Gasteiger partial charge in [-0.2, -0.15) is 0 Å².